The van der Waals surface area contributed by atoms with E-state index in [0.717, 1.165) is 39.5 Å². The number of nitrogens with one attached hydrogen (secondary N) is 11. The molecule has 7 atom stereocenters. The van der Waals surface area contributed by atoms with E-state index in [2.05, 4.69) is 53.2 Å². The van der Waals surface area contributed by atoms with Crippen molar-refractivity contribution in [3.8, 4) is 0 Å². The van der Waals surface area contributed by atoms with Gasteiger partial charge in [-0.05, 0) is 62.3 Å². The van der Waals surface area contributed by atoms with E-state index in [1.54, 1.807) is 30.3 Å². The number of carboxylic acids is 1. The molecule has 2 aliphatic rings. The van der Waals surface area contributed by atoms with Crippen LogP contribution < -0.4 is 58.9 Å². The van der Waals surface area contributed by atoms with Crippen molar-refractivity contribution in [1.82, 2.24) is 53.2 Å². The van der Waals surface area contributed by atoms with Gasteiger partial charge >= 0.3 is 5.97 Å². The highest BCUT2D eigenvalue weighted by Crippen LogP contribution is 2.24. The molecule has 2 aliphatic heterocycles. The number of rotatable bonds is 17. The number of carbonyl (C=O) groups excluding carboxylic acids is 10. The van der Waals surface area contributed by atoms with Gasteiger partial charge in [0.15, 0.2) is 11.7 Å². The molecule has 14 N–H and O–H groups in total. The topological polar surface area (TPSA) is 421 Å². The van der Waals surface area contributed by atoms with Crippen molar-refractivity contribution in [1.29, 1.82) is 5.41 Å². The standard InChI is InChI=1S/C48H63N13O14S3/c1-27(62)35-23-76-26-39(64)54-32(10-5-6-17-51-41(67)30-14-12-28(13-15-30)16-19-61(74)75)43(69)59-36-24-77-78-25-37(47(73)57-33(44(70)58-35)20-29-8-3-2-4-9-29)60-45(71)34(21-40(65)66)55-38(63)22-53-42(68)31(56-46(36)72)11-7-18-52-48(49)50/h2-4,8-9,12-16,19,31-37H,5-7,10-11,17-18,20-26H2,1H3,(H,51,67)(H,53,68)(H,54,64)(H,55,63)(H,56,72)(H,57,73)(H,58,70)(H,59,69)(H,60,71)(H,65,66)(H4,49,50,52)/b19-16-/t31-,32-,33-,34-,35-,36-,37-/m0/s1. The fraction of sp³-hybridized carbons (Fsp3) is 0.458. The number of fused-ring (bicyclic) bond motifs is 5. The number of nitro groups is 1. The second-order valence-corrected chi connectivity index (χ2v) is 21.3. The first-order chi connectivity index (χ1) is 37.2. The molecule has 0 radical (unpaired) electrons. The Hall–Kier alpha value is -7.73. The fourth-order valence-corrected chi connectivity index (χ4v) is 10.7. The van der Waals surface area contributed by atoms with Crippen LogP contribution in [0.4, 0.5) is 0 Å². The number of amides is 9. The molecule has 2 aromatic carbocycles. The fourth-order valence-electron chi connectivity index (χ4n) is 7.44. The highest BCUT2D eigenvalue weighted by atomic mass is 33.1. The Labute approximate surface area is 459 Å². The van der Waals surface area contributed by atoms with E-state index in [0.29, 0.717) is 17.5 Å². The Morgan fingerprint density at radius 3 is 1.90 bits per heavy atom. The van der Waals surface area contributed by atoms with Crippen LogP contribution in [0.3, 0.4) is 0 Å². The summed E-state index contributed by atoms with van der Waals surface area (Å²) < 4.78 is 0. The molecule has 0 spiro atoms. The SMILES string of the molecule is CC(=O)[C@@H]1CSCC(=O)N[C@@H](CCCCNC(=O)c2ccc(/C=C\[N+](=O)[O-])cc2)C(=O)N[C@H]2CSSC[C@H](NC(=O)[C@H](CC(=O)O)NC(=O)CNC(=O)[C@H](CCCNC(=N)N)NC2=O)C(=O)N[C@@H](Cc2ccccc2)C(=O)N1. The number of thioether (sulfide) groups is 1. The van der Waals surface area contributed by atoms with Crippen LogP contribution in [-0.2, 0) is 54.4 Å². The molecule has 2 bridgehead atoms. The average molecular weight is 1140 g/mol. The number of aliphatic carboxylic acids is 1. The third kappa shape index (κ3) is 22.9. The van der Waals surface area contributed by atoms with Crippen molar-refractivity contribution in [2.45, 2.75) is 94.2 Å². The first kappa shape index (κ1) is 62.8. The number of hydrogen-bond donors (Lipinski definition) is 13. The Morgan fingerprint density at radius 1 is 0.705 bits per heavy atom. The van der Waals surface area contributed by atoms with Crippen LogP contribution in [0.25, 0.3) is 6.08 Å². The van der Waals surface area contributed by atoms with E-state index >= 15 is 0 Å². The molecule has 422 valence electrons. The molecule has 2 aromatic rings. The Balaban J connectivity index is 1.70. The number of nitrogens with zero attached hydrogens (tertiary/aromatic N) is 1. The van der Waals surface area contributed by atoms with Crippen LogP contribution in [0.15, 0.2) is 60.8 Å². The number of unbranched alkanes of at least 4 members (excludes halogenated alkanes) is 1. The number of carbonyl (C=O) groups is 11. The van der Waals surface area contributed by atoms with Gasteiger partial charge in [0, 0.05) is 48.4 Å². The second-order valence-electron chi connectivity index (χ2n) is 17.7. The molecule has 30 heteroatoms. The van der Waals surface area contributed by atoms with Crippen molar-refractivity contribution in [3.63, 3.8) is 0 Å². The Kier molecular flexibility index (Phi) is 26.4. The van der Waals surface area contributed by atoms with Gasteiger partial charge in [-0.3, -0.25) is 68.3 Å². The van der Waals surface area contributed by atoms with Gasteiger partial charge in [0.05, 0.1) is 29.7 Å². The molecule has 2 fully saturated rings. The van der Waals surface area contributed by atoms with Gasteiger partial charge in [0.25, 0.3) is 5.91 Å². The summed E-state index contributed by atoms with van der Waals surface area (Å²) in [6, 6.07) is 4.46. The van der Waals surface area contributed by atoms with Crippen molar-refractivity contribution in [2.75, 3.05) is 42.6 Å². The summed E-state index contributed by atoms with van der Waals surface area (Å²) in [7, 11) is 1.85. The molecule has 0 saturated carbocycles. The Bertz CT molecular complexity index is 2540. The zero-order valence-electron chi connectivity index (χ0n) is 42.3. The van der Waals surface area contributed by atoms with E-state index < -0.39 is 125 Å². The predicted octanol–water partition coefficient (Wildman–Crippen LogP) is -1.94. The lowest BCUT2D eigenvalue weighted by Gasteiger charge is -2.27. The first-order valence-corrected chi connectivity index (χ1v) is 28.1. The molecule has 0 aromatic heterocycles. The lowest BCUT2D eigenvalue weighted by Crippen LogP contribution is -2.59. The molecule has 4 rings (SSSR count). The van der Waals surface area contributed by atoms with Gasteiger partial charge in [-0.25, -0.2) is 0 Å². The molecular formula is C48H63N13O14S3. The van der Waals surface area contributed by atoms with Crippen molar-refractivity contribution in [2.24, 2.45) is 5.73 Å². The number of nitrogens with two attached hydrogens (primary N) is 1. The summed E-state index contributed by atoms with van der Waals surface area (Å²) in [6.07, 6.45) is 1.49. The van der Waals surface area contributed by atoms with Gasteiger partial charge in [0.2, 0.25) is 53.5 Å². The first-order valence-electron chi connectivity index (χ1n) is 24.4. The summed E-state index contributed by atoms with van der Waals surface area (Å²) in [6.45, 7) is 0.595. The van der Waals surface area contributed by atoms with Gasteiger partial charge in [-0.15, -0.1) is 11.8 Å². The van der Waals surface area contributed by atoms with Crippen LogP contribution in [0.5, 0.6) is 0 Å². The van der Waals surface area contributed by atoms with Gasteiger partial charge in [-0.1, -0.05) is 64.1 Å². The molecule has 9 amide bonds. The minimum absolute atomic E-state index is 0.0314. The Morgan fingerprint density at radius 2 is 1.28 bits per heavy atom. The molecule has 78 heavy (non-hydrogen) atoms. The van der Waals surface area contributed by atoms with Crippen LogP contribution >= 0.6 is 33.3 Å². The third-order valence-electron chi connectivity index (χ3n) is 11.5. The molecule has 2 heterocycles. The third-order valence-corrected chi connectivity index (χ3v) is 15.0. The number of hydrogen-bond acceptors (Lipinski definition) is 17. The van der Waals surface area contributed by atoms with E-state index in [4.69, 9.17) is 11.1 Å². The maximum Gasteiger partial charge on any atom is 0.305 e. The van der Waals surface area contributed by atoms with Crippen LogP contribution in [0, 0.1) is 15.5 Å². The van der Waals surface area contributed by atoms with Crippen LogP contribution in [-0.4, -0.2) is 166 Å². The zero-order chi connectivity index (χ0) is 57.1. The summed E-state index contributed by atoms with van der Waals surface area (Å²) in [4.78, 5) is 159. The van der Waals surface area contributed by atoms with Crippen LogP contribution in [0.2, 0.25) is 0 Å². The van der Waals surface area contributed by atoms with E-state index in [1.807, 2.05) is 0 Å². The summed E-state index contributed by atoms with van der Waals surface area (Å²) in [5.74, 6) is -11.1. The average Bonchev–Trinajstić information content (AvgIpc) is 3.39. The highest BCUT2D eigenvalue weighted by Gasteiger charge is 2.35. The number of ketones is 1. The zero-order valence-corrected chi connectivity index (χ0v) is 44.7. The number of benzene rings is 2. The van der Waals surface area contributed by atoms with Crippen molar-refractivity contribution >= 4 is 110 Å². The molecule has 27 nitrogen and oxygen atoms in total. The molecule has 0 aliphatic carbocycles. The number of Topliss-reactive ketones (excluding diaryl/α,β-unsaturated/α-hetero) is 1. The van der Waals surface area contributed by atoms with E-state index in [1.165, 1.54) is 37.3 Å². The predicted molar refractivity (Wildman–Crippen MR) is 290 cm³/mol. The minimum Gasteiger partial charge on any atom is -0.481 e. The minimum atomic E-state index is -1.79. The van der Waals surface area contributed by atoms with Gasteiger partial charge < -0.3 is 64.0 Å². The highest BCUT2D eigenvalue weighted by molar-refractivity contribution is 8.76. The smallest absolute Gasteiger partial charge is 0.305 e. The van der Waals surface area contributed by atoms with E-state index in [9.17, 15) is 68.0 Å². The van der Waals surface area contributed by atoms with Crippen LogP contribution in [0.1, 0.15) is 66.9 Å². The molecule has 0 unspecified atom stereocenters. The largest absolute Gasteiger partial charge is 0.481 e. The normalized spacial score (nSPS) is 22.7. The quantitative estimate of drug-likeness (QED) is 0.0205. The molecular weight excluding hydrogens is 1080 g/mol. The monoisotopic (exact) mass is 1140 g/mol. The number of guanidine groups is 1. The molecule has 2 saturated heterocycles. The summed E-state index contributed by atoms with van der Waals surface area (Å²) in [5.41, 5.74) is 6.77. The lowest BCUT2D eigenvalue weighted by atomic mass is 10.0. The second kappa shape index (κ2) is 32.8. The number of carboxylic acid groups (broad SMARTS) is 1. The van der Waals surface area contributed by atoms with Crippen molar-refractivity contribution < 1.29 is 62.8 Å². The maximum absolute atomic E-state index is 14.3. The van der Waals surface area contributed by atoms with Gasteiger partial charge in [0.1, 0.15) is 36.3 Å². The van der Waals surface area contributed by atoms with Crippen molar-refractivity contribution in [3.05, 3.63) is 87.6 Å². The van der Waals surface area contributed by atoms with Gasteiger partial charge in [-0.2, -0.15) is 0 Å². The summed E-state index contributed by atoms with van der Waals surface area (Å²) >= 11 is 0.946. The van der Waals surface area contributed by atoms with E-state index in [-0.39, 0.29) is 79.7 Å². The summed E-state index contributed by atoms with van der Waals surface area (Å²) in [5, 5.41) is 53.5. The lowest BCUT2D eigenvalue weighted by molar-refractivity contribution is -0.400. The maximum atomic E-state index is 14.3.